The summed E-state index contributed by atoms with van der Waals surface area (Å²) in [6.07, 6.45) is 0. The molecule has 0 unspecified atom stereocenters. The molecule has 1 nitrogen and oxygen atoms in total. The summed E-state index contributed by atoms with van der Waals surface area (Å²) in [6, 6.07) is 0. The second kappa shape index (κ2) is 3.87. The van der Waals surface area contributed by atoms with Crippen LogP contribution in [0, 0.1) is 0 Å². The molecule has 0 aliphatic carbocycles. The van der Waals surface area contributed by atoms with Crippen LogP contribution in [0.15, 0.2) is 0 Å². The molecule has 2 atom stereocenters. The predicted octanol–water partition coefficient (Wildman–Crippen LogP) is 1.53. The highest BCUT2D eigenvalue weighted by atomic mass is 79.9. The van der Waals surface area contributed by atoms with Gasteiger partial charge in [-0.3, -0.25) is 0 Å². The van der Waals surface area contributed by atoms with E-state index in [2.05, 4.69) is 31.9 Å². The van der Waals surface area contributed by atoms with Crippen LogP contribution in [-0.2, 0) is 0 Å². The van der Waals surface area contributed by atoms with Crippen molar-refractivity contribution in [2.24, 2.45) is 0 Å². The molecule has 0 aromatic heterocycles. The molecule has 7 heavy (non-hydrogen) atoms. The van der Waals surface area contributed by atoms with Crippen molar-refractivity contribution in [3.63, 3.8) is 0 Å². The van der Waals surface area contributed by atoms with Gasteiger partial charge in [-0.25, -0.2) is 0 Å². The summed E-state index contributed by atoms with van der Waals surface area (Å²) in [7, 11) is 0. The Kier molecular flexibility index (Phi) is 4.37. The second-order valence-electron chi connectivity index (χ2n) is 1.38. The van der Waals surface area contributed by atoms with Crippen LogP contribution < -0.4 is 0 Å². The molecular weight excluding hydrogens is 224 g/mol. The minimum absolute atomic E-state index is 0.187. The molecule has 0 amide bonds. The quantitative estimate of drug-likeness (QED) is 0.715. The van der Waals surface area contributed by atoms with Crippen molar-refractivity contribution in [2.45, 2.75) is 16.6 Å². The third-order valence-corrected chi connectivity index (χ3v) is 3.10. The van der Waals surface area contributed by atoms with E-state index in [9.17, 15) is 0 Å². The molecule has 1 N–H and O–H groups in total. The molecule has 0 saturated carbocycles. The molecular formula is C4H8Br2O. The molecule has 0 aromatic carbocycles. The van der Waals surface area contributed by atoms with Crippen LogP contribution in [0.3, 0.4) is 0 Å². The van der Waals surface area contributed by atoms with E-state index in [0.717, 1.165) is 0 Å². The fraction of sp³-hybridized carbons (Fsp3) is 1.00. The smallest absolute Gasteiger partial charge is 0.0567 e. The Balaban J connectivity index is 3.14. The van der Waals surface area contributed by atoms with E-state index in [1.54, 1.807) is 0 Å². The van der Waals surface area contributed by atoms with Crippen molar-refractivity contribution < 1.29 is 5.11 Å². The Bertz CT molecular complexity index is 47.0. The van der Waals surface area contributed by atoms with Crippen LogP contribution in [0.25, 0.3) is 0 Å². The Morgan fingerprint density at radius 2 is 2.00 bits per heavy atom. The van der Waals surface area contributed by atoms with E-state index < -0.39 is 0 Å². The highest BCUT2D eigenvalue weighted by Crippen LogP contribution is 2.11. The molecule has 0 bridgehead atoms. The van der Waals surface area contributed by atoms with Crippen molar-refractivity contribution in [3.05, 3.63) is 0 Å². The molecule has 0 aliphatic rings. The van der Waals surface area contributed by atoms with Gasteiger partial charge in [0, 0.05) is 9.65 Å². The fourth-order valence-corrected chi connectivity index (χ4v) is 0.312. The number of hydrogen-bond donors (Lipinski definition) is 1. The van der Waals surface area contributed by atoms with Gasteiger partial charge in [0.25, 0.3) is 0 Å². The lowest BCUT2D eigenvalue weighted by molar-refractivity contribution is 0.297. The summed E-state index contributed by atoms with van der Waals surface area (Å²) in [4.78, 5) is 0.532. The monoisotopic (exact) mass is 230 g/mol. The normalized spacial score (nSPS) is 18.9. The van der Waals surface area contributed by atoms with Gasteiger partial charge in [-0.2, -0.15) is 0 Å². The molecule has 44 valence electrons. The number of aliphatic hydroxyl groups excluding tert-OH is 1. The van der Waals surface area contributed by atoms with E-state index >= 15 is 0 Å². The van der Waals surface area contributed by atoms with Crippen LogP contribution >= 0.6 is 31.9 Å². The van der Waals surface area contributed by atoms with Crippen molar-refractivity contribution in [2.75, 3.05) is 6.61 Å². The van der Waals surface area contributed by atoms with Crippen molar-refractivity contribution in [1.29, 1.82) is 0 Å². The highest BCUT2D eigenvalue weighted by molar-refractivity contribution is 9.12. The van der Waals surface area contributed by atoms with Crippen molar-refractivity contribution in [3.8, 4) is 0 Å². The van der Waals surface area contributed by atoms with Gasteiger partial charge in [-0.05, 0) is 0 Å². The van der Waals surface area contributed by atoms with Crippen molar-refractivity contribution >= 4 is 31.9 Å². The maximum absolute atomic E-state index is 8.43. The number of alkyl halides is 2. The zero-order valence-corrected chi connectivity index (χ0v) is 7.24. The highest BCUT2D eigenvalue weighted by Gasteiger charge is 2.06. The predicted molar refractivity (Wildman–Crippen MR) is 38.2 cm³/mol. The Morgan fingerprint density at radius 3 is 2.00 bits per heavy atom. The van der Waals surface area contributed by atoms with Gasteiger partial charge < -0.3 is 5.11 Å². The van der Waals surface area contributed by atoms with E-state index in [-0.39, 0.29) is 11.4 Å². The molecule has 3 heteroatoms. The van der Waals surface area contributed by atoms with Gasteiger partial charge in [0.2, 0.25) is 0 Å². The molecule has 0 aliphatic heterocycles. The summed E-state index contributed by atoms with van der Waals surface area (Å²) in [5.41, 5.74) is 0. The fourth-order valence-electron chi connectivity index (χ4n) is 0.145. The van der Waals surface area contributed by atoms with E-state index in [4.69, 9.17) is 5.11 Å². The molecule has 0 rings (SSSR count). The van der Waals surface area contributed by atoms with Crippen molar-refractivity contribution in [1.82, 2.24) is 0 Å². The summed E-state index contributed by atoms with van der Waals surface area (Å²) < 4.78 is 0. The van der Waals surface area contributed by atoms with Crippen LogP contribution in [-0.4, -0.2) is 21.4 Å². The number of rotatable bonds is 2. The zero-order chi connectivity index (χ0) is 5.86. The van der Waals surface area contributed by atoms with Gasteiger partial charge in [0.15, 0.2) is 0 Å². The molecule has 0 heterocycles. The lowest BCUT2D eigenvalue weighted by Crippen LogP contribution is -2.13. The first kappa shape index (κ1) is 7.92. The SMILES string of the molecule is C[C@H](Br)[C@@H](Br)CO. The largest absolute Gasteiger partial charge is 0.395 e. The van der Waals surface area contributed by atoms with Gasteiger partial charge in [-0.1, -0.05) is 38.8 Å². The van der Waals surface area contributed by atoms with Gasteiger partial charge in [0.1, 0.15) is 0 Å². The first-order valence-corrected chi connectivity index (χ1v) is 3.90. The summed E-state index contributed by atoms with van der Waals surface area (Å²) >= 11 is 6.54. The van der Waals surface area contributed by atoms with E-state index in [0.29, 0.717) is 4.83 Å². The third kappa shape index (κ3) is 3.50. The first-order chi connectivity index (χ1) is 3.18. The van der Waals surface area contributed by atoms with E-state index in [1.165, 1.54) is 0 Å². The molecule has 0 saturated heterocycles. The maximum atomic E-state index is 8.43. The standard InChI is InChI=1S/C4H8Br2O/c1-3(5)4(6)2-7/h3-4,7H,2H2,1H3/t3-,4-/m0/s1. The summed E-state index contributed by atoms with van der Waals surface area (Å²) in [5, 5.41) is 8.43. The van der Waals surface area contributed by atoms with Gasteiger partial charge >= 0.3 is 0 Å². The number of aliphatic hydroxyl groups is 1. The minimum Gasteiger partial charge on any atom is -0.395 e. The molecule has 0 radical (unpaired) electrons. The first-order valence-electron chi connectivity index (χ1n) is 2.07. The average Bonchev–Trinajstić information content (AvgIpc) is 1.65. The summed E-state index contributed by atoms with van der Waals surface area (Å²) in [5.74, 6) is 0. The lowest BCUT2D eigenvalue weighted by atomic mass is 10.4. The van der Waals surface area contributed by atoms with Gasteiger partial charge in [-0.15, -0.1) is 0 Å². The third-order valence-electron chi connectivity index (χ3n) is 0.673. The van der Waals surface area contributed by atoms with Crippen LogP contribution in [0.1, 0.15) is 6.92 Å². The second-order valence-corrected chi connectivity index (χ2v) is 4.00. The Labute approximate surface area is 60.4 Å². The number of hydrogen-bond acceptors (Lipinski definition) is 1. The Hall–Kier alpha value is 0.920. The van der Waals surface area contributed by atoms with Crippen LogP contribution in [0.5, 0.6) is 0 Å². The molecule has 0 spiro atoms. The topological polar surface area (TPSA) is 20.2 Å². The Morgan fingerprint density at radius 1 is 1.57 bits per heavy atom. The average molecular weight is 232 g/mol. The number of halogens is 2. The molecule has 0 aromatic rings. The summed E-state index contributed by atoms with van der Waals surface area (Å²) in [6.45, 7) is 2.17. The minimum atomic E-state index is 0.187. The van der Waals surface area contributed by atoms with Crippen LogP contribution in [0.4, 0.5) is 0 Å². The molecule has 0 fully saturated rings. The van der Waals surface area contributed by atoms with Crippen LogP contribution in [0.2, 0.25) is 0 Å². The lowest BCUT2D eigenvalue weighted by Gasteiger charge is -2.05. The maximum Gasteiger partial charge on any atom is 0.0567 e. The zero-order valence-electron chi connectivity index (χ0n) is 4.06. The van der Waals surface area contributed by atoms with E-state index in [1.807, 2.05) is 6.92 Å². The van der Waals surface area contributed by atoms with Gasteiger partial charge in [0.05, 0.1) is 6.61 Å².